The van der Waals surface area contributed by atoms with E-state index in [-0.39, 0.29) is 5.43 Å². The molecule has 118 valence electrons. The molecule has 0 amide bonds. The molecule has 1 heterocycles. The van der Waals surface area contributed by atoms with E-state index in [9.17, 15) is 13.2 Å². The third-order valence-corrected chi connectivity index (χ3v) is 3.53. The number of piperazine rings is 1. The van der Waals surface area contributed by atoms with Gasteiger partial charge in [-0.3, -0.25) is 9.35 Å². The third-order valence-electron chi connectivity index (χ3n) is 2.90. The van der Waals surface area contributed by atoms with Gasteiger partial charge in [0.1, 0.15) is 0 Å². The molecule has 1 aliphatic rings. The summed E-state index contributed by atoms with van der Waals surface area (Å²) in [6, 6.07) is 7.49. The van der Waals surface area contributed by atoms with E-state index in [1.165, 1.54) is 0 Å². The number of hydrogen-bond acceptors (Lipinski definition) is 5. The van der Waals surface area contributed by atoms with Gasteiger partial charge in [0.2, 0.25) is 5.43 Å². The fourth-order valence-electron chi connectivity index (χ4n) is 1.86. The minimum atomic E-state index is -3.67. The minimum Gasteiger partial charge on any atom is -0.366 e. The summed E-state index contributed by atoms with van der Waals surface area (Å²) in [5.74, 6) is 0. The zero-order chi connectivity index (χ0) is 16.0. The molecule has 0 aliphatic carbocycles. The van der Waals surface area contributed by atoms with Gasteiger partial charge < -0.3 is 9.80 Å². The molecule has 1 aromatic carbocycles. The van der Waals surface area contributed by atoms with E-state index in [1.54, 1.807) is 6.07 Å². The largest absolute Gasteiger partial charge is 0.366 e. The molecule has 1 fully saturated rings. The molecular weight excluding hydrogens is 360 g/mol. The molecule has 2 rings (SSSR count). The van der Waals surface area contributed by atoms with Crippen molar-refractivity contribution < 1.29 is 13.0 Å². The van der Waals surface area contributed by atoms with E-state index in [4.69, 9.17) is 4.55 Å². The van der Waals surface area contributed by atoms with Crippen molar-refractivity contribution in [3.63, 3.8) is 0 Å². The predicted octanol–water partition coefficient (Wildman–Crippen LogP) is 1.07. The molecule has 0 bridgehead atoms. The molecule has 0 aromatic heterocycles. The molecule has 1 saturated heterocycles. The molecule has 1 aliphatic heterocycles. The smallest absolute Gasteiger partial charge is 0.261 e. The molecular formula is C13H19BrN2O4S. The second-order valence-corrected chi connectivity index (χ2v) is 7.12. The van der Waals surface area contributed by atoms with Crippen LogP contribution < -0.4 is 10.3 Å². The van der Waals surface area contributed by atoms with Crippen LogP contribution >= 0.6 is 15.9 Å². The van der Waals surface area contributed by atoms with Crippen LogP contribution in [0.2, 0.25) is 0 Å². The average molecular weight is 379 g/mol. The molecule has 1 aromatic rings. The van der Waals surface area contributed by atoms with Crippen molar-refractivity contribution in [1.82, 2.24) is 4.90 Å². The van der Waals surface area contributed by atoms with Gasteiger partial charge in [0, 0.05) is 26.2 Å². The van der Waals surface area contributed by atoms with Gasteiger partial charge in [0.15, 0.2) is 0 Å². The molecule has 0 spiro atoms. The number of likely N-dealkylation sites (N-methyl/N-ethyl adjacent to an activating group) is 1. The Bertz CT molecular complexity index is 620. The fourth-order valence-corrected chi connectivity index (χ4v) is 2.21. The molecule has 21 heavy (non-hydrogen) atoms. The Hall–Kier alpha value is -0.960. The van der Waals surface area contributed by atoms with E-state index < -0.39 is 10.1 Å². The summed E-state index contributed by atoms with van der Waals surface area (Å²) in [7, 11) is -1.56. The Balaban J connectivity index is 0.000000383. The van der Waals surface area contributed by atoms with Gasteiger partial charge in [0.25, 0.3) is 10.1 Å². The summed E-state index contributed by atoms with van der Waals surface area (Å²) in [5, 5.41) is 0. The Kier molecular flexibility index (Phi) is 6.79. The van der Waals surface area contributed by atoms with E-state index in [0.717, 1.165) is 31.9 Å². The maximum absolute atomic E-state index is 12.0. The number of rotatable bonds is 1. The third kappa shape index (κ3) is 7.03. The van der Waals surface area contributed by atoms with Crippen LogP contribution in [0.1, 0.15) is 0 Å². The number of nitrogens with zero attached hydrogens (tertiary/aromatic N) is 2. The second kappa shape index (κ2) is 7.88. The van der Waals surface area contributed by atoms with Gasteiger partial charge >= 0.3 is 0 Å². The molecule has 0 atom stereocenters. The van der Waals surface area contributed by atoms with Gasteiger partial charge in [0.05, 0.1) is 16.4 Å². The zero-order valence-electron chi connectivity index (χ0n) is 12.0. The van der Waals surface area contributed by atoms with Crippen LogP contribution in [0.15, 0.2) is 33.5 Å². The first-order chi connectivity index (χ1) is 9.68. The lowest BCUT2D eigenvalue weighted by Crippen LogP contribution is -2.45. The van der Waals surface area contributed by atoms with Gasteiger partial charge in [-0.25, -0.2) is 0 Å². The molecule has 6 nitrogen and oxygen atoms in total. The first-order valence-electron chi connectivity index (χ1n) is 6.33. The summed E-state index contributed by atoms with van der Waals surface area (Å²) in [5.41, 5.74) is 0.875. The van der Waals surface area contributed by atoms with Crippen LogP contribution in [0.4, 0.5) is 5.69 Å². The van der Waals surface area contributed by atoms with Crippen LogP contribution in [0.5, 0.6) is 0 Å². The highest BCUT2D eigenvalue weighted by Gasteiger charge is 2.16. The lowest BCUT2D eigenvalue weighted by atomic mass is 10.3. The maximum Gasteiger partial charge on any atom is 0.261 e. The van der Waals surface area contributed by atoms with Gasteiger partial charge in [-0.2, -0.15) is 8.42 Å². The highest BCUT2D eigenvalue weighted by Crippen LogP contribution is 2.13. The van der Waals surface area contributed by atoms with E-state index in [2.05, 4.69) is 32.8 Å². The van der Waals surface area contributed by atoms with Crippen molar-refractivity contribution in [3.8, 4) is 0 Å². The van der Waals surface area contributed by atoms with Gasteiger partial charge in [-0.05, 0) is 35.1 Å². The first kappa shape index (κ1) is 18.1. The summed E-state index contributed by atoms with van der Waals surface area (Å²) in [4.78, 5) is 16.5. The van der Waals surface area contributed by atoms with E-state index in [0.29, 0.717) is 10.7 Å². The molecule has 0 radical (unpaired) electrons. The zero-order valence-corrected chi connectivity index (χ0v) is 14.4. The number of anilines is 1. The molecule has 8 heteroatoms. The average Bonchev–Trinajstić information content (AvgIpc) is 2.52. The normalized spacial score (nSPS) is 16.1. The van der Waals surface area contributed by atoms with Crippen LogP contribution in [0, 0.1) is 0 Å². The predicted molar refractivity (Wildman–Crippen MR) is 87.6 cm³/mol. The Morgan fingerprint density at radius 1 is 1.14 bits per heavy atom. The quantitative estimate of drug-likeness (QED) is 0.736. The van der Waals surface area contributed by atoms with Crippen molar-refractivity contribution in [3.05, 3.63) is 39.0 Å². The molecule has 0 unspecified atom stereocenters. The lowest BCUT2D eigenvalue weighted by Gasteiger charge is -2.33. The number of halogens is 1. The molecule has 0 saturated carbocycles. The summed E-state index contributed by atoms with van der Waals surface area (Å²) < 4.78 is 26.5. The summed E-state index contributed by atoms with van der Waals surface area (Å²) >= 11 is 3.30. The van der Waals surface area contributed by atoms with Gasteiger partial charge in [-0.1, -0.05) is 12.1 Å². The topological polar surface area (TPSA) is 77.9 Å². The summed E-state index contributed by atoms with van der Waals surface area (Å²) in [6.07, 6.45) is 0.715. The van der Waals surface area contributed by atoms with E-state index in [1.807, 2.05) is 18.2 Å². The van der Waals surface area contributed by atoms with Gasteiger partial charge in [-0.15, -0.1) is 0 Å². The van der Waals surface area contributed by atoms with E-state index >= 15 is 0 Å². The van der Waals surface area contributed by atoms with Crippen LogP contribution in [0.3, 0.4) is 0 Å². The van der Waals surface area contributed by atoms with Crippen molar-refractivity contribution in [2.24, 2.45) is 0 Å². The SMILES string of the molecule is CN1CCN(c2ccccc(Br)c2=O)CC1.CS(=O)(=O)O. The highest BCUT2D eigenvalue weighted by atomic mass is 79.9. The van der Waals surface area contributed by atoms with Crippen molar-refractivity contribution in [2.45, 2.75) is 0 Å². The molecule has 1 N–H and O–H groups in total. The van der Waals surface area contributed by atoms with Crippen LogP contribution in [0.25, 0.3) is 0 Å². The lowest BCUT2D eigenvalue weighted by molar-refractivity contribution is 0.312. The Morgan fingerprint density at radius 3 is 2.14 bits per heavy atom. The second-order valence-electron chi connectivity index (χ2n) is 4.80. The monoisotopic (exact) mass is 378 g/mol. The maximum atomic E-state index is 12.0. The Morgan fingerprint density at radius 2 is 1.62 bits per heavy atom. The fraction of sp³-hybridized carbons (Fsp3) is 0.462. The van der Waals surface area contributed by atoms with Crippen molar-refractivity contribution in [2.75, 3.05) is 44.4 Å². The minimum absolute atomic E-state index is 0.0783. The van der Waals surface area contributed by atoms with Crippen LogP contribution in [-0.2, 0) is 10.1 Å². The first-order valence-corrected chi connectivity index (χ1v) is 8.97. The van der Waals surface area contributed by atoms with Crippen molar-refractivity contribution >= 4 is 31.7 Å². The van der Waals surface area contributed by atoms with Crippen LogP contribution in [-0.4, -0.2) is 57.4 Å². The number of hydrogen-bond donors (Lipinski definition) is 1. The summed E-state index contributed by atoms with van der Waals surface area (Å²) in [6.45, 7) is 3.86. The highest BCUT2D eigenvalue weighted by molar-refractivity contribution is 9.10. The Labute approximate surface area is 133 Å². The van der Waals surface area contributed by atoms with Crippen molar-refractivity contribution in [1.29, 1.82) is 0 Å². The standard InChI is InChI=1S/C12H15BrN2O.CH4O3S/c1-14-6-8-15(9-7-14)11-5-3-2-4-10(13)12(11)16;1-5(2,3)4/h2-5H,6-9H2,1H3;1H3,(H,2,3,4).